The molecule has 2 saturated heterocycles. The second-order valence-corrected chi connectivity index (χ2v) is 9.56. The summed E-state index contributed by atoms with van der Waals surface area (Å²) in [6.07, 6.45) is 3.03. The Morgan fingerprint density at radius 1 is 1.07 bits per heavy atom. The first-order valence-electron chi connectivity index (χ1n) is 10.6. The number of aryl methyl sites for hydroxylation is 1. The fourth-order valence-electron chi connectivity index (χ4n) is 4.11. The smallest absolute Gasteiger partial charge is 0.236 e. The molecule has 2 heterocycles. The van der Waals surface area contributed by atoms with Crippen molar-refractivity contribution in [3.8, 4) is 0 Å². The van der Waals surface area contributed by atoms with E-state index in [-0.39, 0.29) is 16.5 Å². The highest BCUT2D eigenvalue weighted by Crippen LogP contribution is 2.44. The van der Waals surface area contributed by atoms with Gasteiger partial charge in [-0.1, -0.05) is 36.8 Å². The predicted octanol–water partition coefficient (Wildman–Crippen LogP) is 2.90. The van der Waals surface area contributed by atoms with Crippen molar-refractivity contribution >= 4 is 23.6 Å². The Hall–Kier alpha value is -1.53. The molecular weight excluding hydrogens is 370 g/mol. The minimum Gasteiger partial charge on any atom is -0.340 e. The summed E-state index contributed by atoms with van der Waals surface area (Å²) in [5, 5.41) is 0.190. The summed E-state index contributed by atoms with van der Waals surface area (Å²) in [5.41, 5.74) is 2.47. The van der Waals surface area contributed by atoms with Crippen LogP contribution in [0.2, 0.25) is 0 Å². The van der Waals surface area contributed by atoms with Crippen LogP contribution in [0.5, 0.6) is 0 Å². The maximum Gasteiger partial charge on any atom is 0.236 e. The predicted molar refractivity (Wildman–Crippen MR) is 113 cm³/mol. The molecule has 3 aliphatic rings. The first-order chi connectivity index (χ1) is 13.6. The lowest BCUT2D eigenvalue weighted by molar-refractivity contribution is -0.134. The van der Waals surface area contributed by atoms with Gasteiger partial charge in [-0.05, 0) is 31.7 Å². The highest BCUT2D eigenvalue weighted by Gasteiger charge is 2.40. The number of thioether (sulfide) groups is 1. The number of benzene rings is 1. The molecule has 2 atom stereocenters. The summed E-state index contributed by atoms with van der Waals surface area (Å²) in [6, 6.07) is 8.59. The van der Waals surface area contributed by atoms with Gasteiger partial charge < -0.3 is 9.80 Å². The third-order valence-electron chi connectivity index (χ3n) is 6.14. The molecule has 0 spiro atoms. The van der Waals surface area contributed by atoms with Gasteiger partial charge in [-0.15, -0.1) is 11.8 Å². The van der Waals surface area contributed by atoms with Crippen LogP contribution in [0, 0.1) is 12.8 Å². The summed E-state index contributed by atoms with van der Waals surface area (Å²) in [6.45, 7) is 9.33. The SMILES string of the molecule is CCC1SC(c2ccc(C)cc2)N(CCN2CCN(C(=O)C3CC3)CC2)C1=O. The van der Waals surface area contributed by atoms with E-state index in [4.69, 9.17) is 0 Å². The third-order valence-corrected chi connectivity index (χ3v) is 7.78. The van der Waals surface area contributed by atoms with Crippen LogP contribution in [0.4, 0.5) is 0 Å². The molecule has 28 heavy (non-hydrogen) atoms. The number of hydrogen-bond donors (Lipinski definition) is 0. The summed E-state index contributed by atoms with van der Waals surface area (Å²) >= 11 is 1.79. The van der Waals surface area contributed by atoms with Gasteiger partial charge in [0, 0.05) is 45.2 Å². The number of amides is 2. The van der Waals surface area contributed by atoms with Crippen molar-refractivity contribution in [2.24, 2.45) is 5.92 Å². The fourth-order valence-corrected chi connectivity index (χ4v) is 5.53. The molecule has 152 valence electrons. The summed E-state index contributed by atoms with van der Waals surface area (Å²) < 4.78 is 0. The van der Waals surface area contributed by atoms with Crippen LogP contribution in [0.25, 0.3) is 0 Å². The number of rotatable bonds is 6. The molecule has 3 fully saturated rings. The second-order valence-electron chi connectivity index (χ2n) is 8.27. The van der Waals surface area contributed by atoms with E-state index in [0.29, 0.717) is 11.8 Å². The van der Waals surface area contributed by atoms with Crippen molar-refractivity contribution in [2.75, 3.05) is 39.3 Å². The number of hydrogen-bond acceptors (Lipinski definition) is 4. The molecule has 6 heteroatoms. The zero-order valence-electron chi connectivity index (χ0n) is 17.0. The normalized spacial score (nSPS) is 26.1. The number of carbonyl (C=O) groups is 2. The minimum absolute atomic E-state index is 0.0688. The van der Waals surface area contributed by atoms with Crippen molar-refractivity contribution in [1.29, 1.82) is 0 Å². The van der Waals surface area contributed by atoms with E-state index in [9.17, 15) is 9.59 Å². The van der Waals surface area contributed by atoms with Gasteiger partial charge in [-0.3, -0.25) is 14.5 Å². The summed E-state index contributed by atoms with van der Waals surface area (Å²) in [7, 11) is 0. The molecule has 5 nitrogen and oxygen atoms in total. The van der Waals surface area contributed by atoms with Crippen LogP contribution in [0.1, 0.15) is 42.7 Å². The van der Waals surface area contributed by atoms with E-state index in [1.807, 2.05) is 4.90 Å². The Balaban J connectivity index is 1.34. The standard InChI is InChI=1S/C22H31N3O2S/c1-3-19-21(27)25(22(28-19)18-6-4-16(2)5-7-18)15-12-23-10-13-24(14-11-23)20(26)17-8-9-17/h4-7,17,19,22H,3,8-15H2,1-2H3. The summed E-state index contributed by atoms with van der Waals surface area (Å²) in [5.74, 6) is 0.948. The quantitative estimate of drug-likeness (QED) is 0.735. The van der Waals surface area contributed by atoms with Gasteiger partial charge in [-0.2, -0.15) is 0 Å². The Morgan fingerprint density at radius 3 is 2.36 bits per heavy atom. The zero-order valence-corrected chi connectivity index (χ0v) is 17.8. The van der Waals surface area contributed by atoms with Gasteiger partial charge >= 0.3 is 0 Å². The van der Waals surface area contributed by atoms with Gasteiger partial charge in [0.15, 0.2) is 0 Å². The molecule has 1 saturated carbocycles. The highest BCUT2D eigenvalue weighted by molar-refractivity contribution is 8.01. The minimum atomic E-state index is 0.0688. The fraction of sp³-hybridized carbons (Fsp3) is 0.636. The first-order valence-corrected chi connectivity index (χ1v) is 11.5. The molecule has 4 rings (SSSR count). The van der Waals surface area contributed by atoms with E-state index >= 15 is 0 Å². The van der Waals surface area contributed by atoms with Crippen molar-refractivity contribution in [2.45, 2.75) is 43.7 Å². The monoisotopic (exact) mass is 401 g/mol. The average molecular weight is 402 g/mol. The number of nitrogens with zero attached hydrogens (tertiary/aromatic N) is 3. The molecule has 2 unspecified atom stereocenters. The molecular formula is C22H31N3O2S. The van der Waals surface area contributed by atoms with Crippen molar-refractivity contribution in [1.82, 2.24) is 14.7 Å². The number of piperazine rings is 1. The first kappa shape index (κ1) is 19.8. The number of carbonyl (C=O) groups excluding carboxylic acids is 2. The van der Waals surface area contributed by atoms with Crippen LogP contribution in [-0.2, 0) is 9.59 Å². The van der Waals surface area contributed by atoms with Gasteiger partial charge in [-0.25, -0.2) is 0 Å². The zero-order chi connectivity index (χ0) is 19.7. The topological polar surface area (TPSA) is 43.9 Å². The Bertz CT molecular complexity index is 711. The van der Waals surface area contributed by atoms with E-state index in [1.54, 1.807) is 11.8 Å². The highest BCUT2D eigenvalue weighted by atomic mass is 32.2. The van der Waals surface area contributed by atoms with Gasteiger partial charge in [0.05, 0.1) is 5.25 Å². The maximum absolute atomic E-state index is 12.9. The molecule has 0 bridgehead atoms. The second kappa shape index (κ2) is 8.46. The van der Waals surface area contributed by atoms with Crippen LogP contribution in [0.15, 0.2) is 24.3 Å². The molecule has 2 amide bonds. The average Bonchev–Trinajstić information content (AvgIpc) is 3.51. The van der Waals surface area contributed by atoms with Gasteiger partial charge in [0.2, 0.25) is 11.8 Å². The Kier molecular flexibility index (Phi) is 5.97. The molecule has 1 aliphatic carbocycles. The van der Waals surface area contributed by atoms with E-state index in [1.165, 1.54) is 11.1 Å². The van der Waals surface area contributed by atoms with Crippen LogP contribution >= 0.6 is 11.8 Å². The lowest BCUT2D eigenvalue weighted by atomic mass is 10.1. The molecule has 1 aromatic rings. The van der Waals surface area contributed by atoms with E-state index < -0.39 is 0 Å². The summed E-state index contributed by atoms with van der Waals surface area (Å²) in [4.78, 5) is 31.7. The van der Waals surface area contributed by atoms with E-state index in [2.05, 4.69) is 47.9 Å². The van der Waals surface area contributed by atoms with Gasteiger partial charge in [0.1, 0.15) is 5.37 Å². The largest absolute Gasteiger partial charge is 0.340 e. The maximum atomic E-state index is 12.9. The lowest BCUT2D eigenvalue weighted by Gasteiger charge is -2.36. The van der Waals surface area contributed by atoms with Crippen LogP contribution in [0.3, 0.4) is 0 Å². The molecule has 1 aromatic carbocycles. The molecule has 2 aliphatic heterocycles. The van der Waals surface area contributed by atoms with Crippen molar-refractivity contribution in [3.05, 3.63) is 35.4 Å². The third kappa shape index (κ3) is 4.23. The van der Waals surface area contributed by atoms with Crippen LogP contribution < -0.4 is 0 Å². The Labute approximate surface area is 172 Å². The molecule has 0 N–H and O–H groups in total. The van der Waals surface area contributed by atoms with Crippen molar-refractivity contribution in [3.63, 3.8) is 0 Å². The van der Waals surface area contributed by atoms with Crippen LogP contribution in [-0.4, -0.2) is 71.0 Å². The Morgan fingerprint density at radius 2 is 1.75 bits per heavy atom. The molecule has 0 aromatic heterocycles. The van der Waals surface area contributed by atoms with E-state index in [0.717, 1.165) is 58.5 Å². The van der Waals surface area contributed by atoms with Crippen molar-refractivity contribution < 1.29 is 9.59 Å². The van der Waals surface area contributed by atoms with Gasteiger partial charge in [0.25, 0.3) is 0 Å². The lowest BCUT2D eigenvalue weighted by Crippen LogP contribution is -2.51. The molecule has 0 radical (unpaired) electrons.